The van der Waals surface area contributed by atoms with Gasteiger partial charge in [-0.15, -0.1) is 0 Å². The molecular weight excluding hydrogens is 265 g/mol. The Kier molecular flexibility index (Phi) is 4.82. The lowest BCUT2D eigenvalue weighted by atomic mass is 9.87. The van der Waals surface area contributed by atoms with E-state index in [9.17, 15) is 9.50 Å². The van der Waals surface area contributed by atoms with Crippen LogP contribution in [0.5, 0.6) is 0 Å². The van der Waals surface area contributed by atoms with Crippen LogP contribution in [-0.2, 0) is 6.42 Å². The fraction of sp³-hybridized carbons (Fsp3) is 0.600. The van der Waals surface area contributed by atoms with E-state index in [-0.39, 0.29) is 5.02 Å². The zero-order valence-corrected chi connectivity index (χ0v) is 12.1. The highest BCUT2D eigenvalue weighted by Crippen LogP contribution is 2.29. The summed E-state index contributed by atoms with van der Waals surface area (Å²) >= 11 is 5.79. The smallest absolute Gasteiger partial charge is 0.145 e. The van der Waals surface area contributed by atoms with Crippen LogP contribution < -0.4 is 0 Å². The van der Waals surface area contributed by atoms with E-state index in [0.29, 0.717) is 18.4 Å². The van der Waals surface area contributed by atoms with Crippen molar-refractivity contribution in [2.24, 2.45) is 0 Å². The van der Waals surface area contributed by atoms with Gasteiger partial charge in [-0.25, -0.2) is 4.39 Å². The molecule has 1 N–H and O–H groups in total. The molecule has 0 aliphatic carbocycles. The van der Waals surface area contributed by atoms with Gasteiger partial charge in [0, 0.05) is 13.0 Å². The Labute approximate surface area is 119 Å². The van der Waals surface area contributed by atoms with Gasteiger partial charge >= 0.3 is 0 Å². The largest absolute Gasteiger partial charge is 0.389 e. The maximum absolute atomic E-state index is 13.9. The summed E-state index contributed by atoms with van der Waals surface area (Å²) in [6, 6.07) is 4.98. The van der Waals surface area contributed by atoms with Gasteiger partial charge in [0.2, 0.25) is 0 Å². The van der Waals surface area contributed by atoms with E-state index >= 15 is 0 Å². The summed E-state index contributed by atoms with van der Waals surface area (Å²) in [5, 5.41) is 10.8. The maximum Gasteiger partial charge on any atom is 0.145 e. The van der Waals surface area contributed by atoms with E-state index in [1.165, 1.54) is 6.07 Å². The molecule has 4 heteroatoms. The van der Waals surface area contributed by atoms with Gasteiger partial charge in [-0.3, -0.25) is 0 Å². The predicted octanol–water partition coefficient (Wildman–Crippen LogP) is 3.26. The van der Waals surface area contributed by atoms with Crippen LogP contribution in [0.3, 0.4) is 0 Å². The first-order chi connectivity index (χ1) is 9.04. The monoisotopic (exact) mass is 285 g/mol. The van der Waals surface area contributed by atoms with Crippen molar-refractivity contribution in [2.75, 3.05) is 19.6 Å². The van der Waals surface area contributed by atoms with Gasteiger partial charge in [0.25, 0.3) is 0 Å². The number of halogens is 2. The van der Waals surface area contributed by atoms with Gasteiger partial charge in [-0.05, 0) is 44.0 Å². The fourth-order valence-corrected chi connectivity index (χ4v) is 2.96. The van der Waals surface area contributed by atoms with Crippen LogP contribution in [0.1, 0.15) is 31.7 Å². The van der Waals surface area contributed by atoms with Gasteiger partial charge in [0.15, 0.2) is 0 Å². The average Bonchev–Trinajstić information content (AvgIpc) is 2.57. The highest BCUT2D eigenvalue weighted by atomic mass is 35.5. The molecule has 0 amide bonds. The first-order valence-electron chi connectivity index (χ1n) is 6.92. The van der Waals surface area contributed by atoms with Crippen LogP contribution in [0.25, 0.3) is 0 Å². The number of likely N-dealkylation sites (tertiary alicyclic amines) is 1. The minimum atomic E-state index is -0.810. The van der Waals surface area contributed by atoms with Crippen LogP contribution in [0.15, 0.2) is 18.2 Å². The first-order valence-corrected chi connectivity index (χ1v) is 7.29. The number of aliphatic hydroxyl groups is 1. The second kappa shape index (κ2) is 6.21. The minimum absolute atomic E-state index is 0.130. The zero-order chi connectivity index (χ0) is 13.9. The lowest BCUT2D eigenvalue weighted by molar-refractivity contribution is 0.0251. The fourth-order valence-electron chi connectivity index (χ4n) is 2.77. The molecule has 0 spiro atoms. The molecule has 2 nitrogen and oxygen atoms in total. The number of rotatable bonds is 3. The number of benzene rings is 1. The van der Waals surface area contributed by atoms with Gasteiger partial charge in [-0.1, -0.05) is 30.7 Å². The summed E-state index contributed by atoms with van der Waals surface area (Å²) in [7, 11) is 0. The van der Waals surface area contributed by atoms with E-state index in [1.54, 1.807) is 12.1 Å². The predicted molar refractivity (Wildman–Crippen MR) is 76.0 cm³/mol. The molecule has 0 saturated carbocycles. The van der Waals surface area contributed by atoms with Crippen LogP contribution >= 0.6 is 11.6 Å². The van der Waals surface area contributed by atoms with Crippen LogP contribution in [-0.4, -0.2) is 35.2 Å². The van der Waals surface area contributed by atoms with Gasteiger partial charge < -0.3 is 10.0 Å². The molecule has 1 aliphatic rings. The Bertz CT molecular complexity index is 440. The lowest BCUT2D eigenvalue weighted by Crippen LogP contribution is -2.33. The summed E-state index contributed by atoms with van der Waals surface area (Å²) in [5.41, 5.74) is -0.296. The molecule has 0 radical (unpaired) electrons. The van der Waals surface area contributed by atoms with Crippen molar-refractivity contribution < 1.29 is 9.50 Å². The molecule has 1 unspecified atom stereocenters. The molecule has 2 rings (SSSR count). The second-order valence-electron chi connectivity index (χ2n) is 5.40. The molecule has 19 heavy (non-hydrogen) atoms. The van der Waals surface area contributed by atoms with Crippen LogP contribution in [0.4, 0.5) is 4.39 Å². The van der Waals surface area contributed by atoms with Crippen LogP contribution in [0.2, 0.25) is 5.02 Å². The van der Waals surface area contributed by atoms with E-state index < -0.39 is 11.4 Å². The van der Waals surface area contributed by atoms with Crippen molar-refractivity contribution in [1.82, 2.24) is 4.90 Å². The molecular formula is C15H21ClFNO. The Balaban J connectivity index is 2.10. The molecule has 1 aromatic carbocycles. The highest BCUT2D eigenvalue weighted by molar-refractivity contribution is 6.30. The van der Waals surface area contributed by atoms with Crippen molar-refractivity contribution in [3.05, 3.63) is 34.6 Å². The highest BCUT2D eigenvalue weighted by Gasteiger charge is 2.31. The first kappa shape index (κ1) is 14.8. The van der Waals surface area contributed by atoms with E-state index in [2.05, 4.69) is 11.8 Å². The second-order valence-corrected chi connectivity index (χ2v) is 5.81. The number of hydrogen-bond acceptors (Lipinski definition) is 2. The Morgan fingerprint density at radius 2 is 2.16 bits per heavy atom. The molecule has 1 atom stereocenters. The Hall–Kier alpha value is -0.640. The van der Waals surface area contributed by atoms with E-state index in [1.807, 2.05) is 0 Å². The number of nitrogens with zero attached hydrogens (tertiary/aromatic N) is 1. The van der Waals surface area contributed by atoms with Crippen LogP contribution in [0, 0.1) is 5.82 Å². The summed E-state index contributed by atoms with van der Waals surface area (Å²) in [4.78, 5) is 2.33. The average molecular weight is 286 g/mol. The molecule has 1 fully saturated rings. The lowest BCUT2D eigenvalue weighted by Gasteiger charge is -2.27. The zero-order valence-electron chi connectivity index (χ0n) is 11.3. The van der Waals surface area contributed by atoms with Crippen molar-refractivity contribution >= 4 is 11.6 Å². The van der Waals surface area contributed by atoms with Crippen molar-refractivity contribution in [3.63, 3.8) is 0 Å². The van der Waals surface area contributed by atoms with Crippen molar-refractivity contribution in [2.45, 2.75) is 38.2 Å². The van der Waals surface area contributed by atoms with E-state index in [4.69, 9.17) is 11.6 Å². The summed E-state index contributed by atoms with van der Waals surface area (Å²) in [6.07, 6.45) is 2.70. The SMILES string of the molecule is CCN1CCCC(O)(Cc2cccc(Cl)c2F)CC1. The molecule has 1 heterocycles. The molecule has 1 aromatic rings. The normalized spacial score (nSPS) is 25.3. The Morgan fingerprint density at radius 3 is 2.89 bits per heavy atom. The molecule has 1 saturated heterocycles. The third-order valence-electron chi connectivity index (χ3n) is 4.01. The van der Waals surface area contributed by atoms with Crippen molar-refractivity contribution in [3.8, 4) is 0 Å². The summed E-state index contributed by atoms with van der Waals surface area (Å²) < 4.78 is 13.9. The quantitative estimate of drug-likeness (QED) is 0.921. The minimum Gasteiger partial charge on any atom is -0.389 e. The molecule has 106 valence electrons. The maximum atomic E-state index is 13.9. The van der Waals surface area contributed by atoms with Gasteiger partial charge in [-0.2, -0.15) is 0 Å². The third kappa shape index (κ3) is 3.68. The van der Waals surface area contributed by atoms with Gasteiger partial charge in [0.1, 0.15) is 5.82 Å². The summed E-state index contributed by atoms with van der Waals surface area (Å²) in [6.45, 7) is 5.01. The standard InChI is InChI=1S/C15H21ClFNO/c1-2-18-9-4-7-15(19,8-10-18)11-12-5-3-6-13(16)14(12)17/h3,5-6,19H,2,4,7-11H2,1H3. The summed E-state index contributed by atoms with van der Waals surface area (Å²) in [5.74, 6) is -0.394. The van der Waals surface area contributed by atoms with Gasteiger partial charge in [0.05, 0.1) is 10.6 Å². The Morgan fingerprint density at radius 1 is 1.37 bits per heavy atom. The van der Waals surface area contributed by atoms with E-state index in [0.717, 1.165) is 32.5 Å². The molecule has 1 aliphatic heterocycles. The topological polar surface area (TPSA) is 23.5 Å². The molecule has 0 aromatic heterocycles. The molecule has 0 bridgehead atoms. The third-order valence-corrected chi connectivity index (χ3v) is 4.30. The van der Waals surface area contributed by atoms with Crippen molar-refractivity contribution in [1.29, 1.82) is 0 Å². The number of hydrogen-bond donors (Lipinski definition) is 1.